The average Bonchev–Trinajstić information content (AvgIpc) is 2.77. The van der Waals surface area contributed by atoms with Crippen LogP contribution in [0.1, 0.15) is 11.3 Å². The van der Waals surface area contributed by atoms with Crippen LogP contribution in [-0.4, -0.2) is 19.7 Å². The molecule has 2 heterocycles. The number of para-hydroxylation sites is 2. The SMILES string of the molecule is Cc1nnc(-c2nc3ccccc3n2C)cc1CN. The Bertz CT molecular complexity index is 745. The lowest BCUT2D eigenvalue weighted by Crippen LogP contribution is -2.05. The van der Waals surface area contributed by atoms with E-state index in [2.05, 4.69) is 15.2 Å². The molecule has 0 saturated heterocycles. The van der Waals surface area contributed by atoms with Gasteiger partial charge < -0.3 is 10.3 Å². The summed E-state index contributed by atoms with van der Waals surface area (Å²) in [5, 5.41) is 8.38. The molecule has 5 nitrogen and oxygen atoms in total. The fourth-order valence-corrected chi connectivity index (χ4v) is 2.18. The van der Waals surface area contributed by atoms with E-state index in [1.54, 1.807) is 0 Å². The molecule has 0 spiro atoms. The predicted molar refractivity (Wildman–Crippen MR) is 74.4 cm³/mol. The van der Waals surface area contributed by atoms with Crippen molar-refractivity contribution in [2.45, 2.75) is 13.5 Å². The number of hydrogen-bond donors (Lipinski definition) is 1. The lowest BCUT2D eigenvalue weighted by atomic mass is 10.2. The van der Waals surface area contributed by atoms with Crippen LogP contribution in [0.15, 0.2) is 30.3 Å². The van der Waals surface area contributed by atoms with Crippen molar-refractivity contribution in [2.24, 2.45) is 12.8 Å². The summed E-state index contributed by atoms with van der Waals surface area (Å²) in [5.41, 5.74) is 10.4. The molecule has 0 amide bonds. The Morgan fingerprint density at radius 2 is 2.00 bits per heavy atom. The van der Waals surface area contributed by atoms with Gasteiger partial charge in [-0.15, -0.1) is 5.10 Å². The van der Waals surface area contributed by atoms with Crippen molar-refractivity contribution in [1.29, 1.82) is 0 Å². The highest BCUT2D eigenvalue weighted by molar-refractivity contribution is 5.79. The lowest BCUT2D eigenvalue weighted by Gasteiger charge is -2.05. The van der Waals surface area contributed by atoms with E-state index in [9.17, 15) is 0 Å². The minimum atomic E-state index is 0.457. The number of imidazole rings is 1. The van der Waals surface area contributed by atoms with Crippen LogP contribution in [0.25, 0.3) is 22.6 Å². The summed E-state index contributed by atoms with van der Waals surface area (Å²) < 4.78 is 2.02. The van der Waals surface area contributed by atoms with Gasteiger partial charge in [-0.25, -0.2) is 4.98 Å². The second-order valence-corrected chi connectivity index (χ2v) is 4.53. The first-order valence-corrected chi connectivity index (χ1v) is 6.16. The monoisotopic (exact) mass is 253 g/mol. The summed E-state index contributed by atoms with van der Waals surface area (Å²) in [6.45, 7) is 2.37. The third kappa shape index (κ3) is 1.88. The van der Waals surface area contributed by atoms with Gasteiger partial charge >= 0.3 is 0 Å². The van der Waals surface area contributed by atoms with E-state index in [0.29, 0.717) is 6.54 Å². The molecule has 96 valence electrons. The van der Waals surface area contributed by atoms with Gasteiger partial charge in [0.2, 0.25) is 0 Å². The molecule has 1 aromatic carbocycles. The Hall–Kier alpha value is -2.27. The molecule has 5 heteroatoms. The average molecular weight is 253 g/mol. The van der Waals surface area contributed by atoms with Gasteiger partial charge in [0, 0.05) is 13.6 Å². The molecular formula is C14H15N5. The first kappa shape index (κ1) is 11.8. The molecule has 0 bridgehead atoms. The van der Waals surface area contributed by atoms with Crippen LogP contribution in [0.4, 0.5) is 0 Å². The highest BCUT2D eigenvalue weighted by atomic mass is 15.1. The second-order valence-electron chi connectivity index (χ2n) is 4.53. The molecule has 3 aromatic rings. The molecule has 2 N–H and O–H groups in total. The molecular weight excluding hydrogens is 238 g/mol. The zero-order chi connectivity index (χ0) is 13.4. The van der Waals surface area contributed by atoms with E-state index in [4.69, 9.17) is 5.73 Å². The van der Waals surface area contributed by atoms with E-state index >= 15 is 0 Å². The van der Waals surface area contributed by atoms with Gasteiger partial charge in [-0.2, -0.15) is 5.10 Å². The molecule has 2 aromatic heterocycles. The third-order valence-electron chi connectivity index (χ3n) is 3.32. The molecule has 0 aliphatic carbocycles. The molecule has 3 rings (SSSR count). The molecule has 0 atom stereocenters. The maximum absolute atomic E-state index is 5.72. The van der Waals surface area contributed by atoms with Gasteiger partial charge in [-0.3, -0.25) is 0 Å². The van der Waals surface area contributed by atoms with E-state index in [1.807, 2.05) is 48.9 Å². The van der Waals surface area contributed by atoms with Crippen molar-refractivity contribution >= 4 is 11.0 Å². The molecule has 0 radical (unpaired) electrons. The molecule has 19 heavy (non-hydrogen) atoms. The van der Waals surface area contributed by atoms with E-state index < -0.39 is 0 Å². The van der Waals surface area contributed by atoms with E-state index in [1.165, 1.54) is 0 Å². The standard InChI is InChI=1S/C14H15N5/c1-9-10(8-15)7-12(18-17-9)14-16-11-5-3-4-6-13(11)19(14)2/h3-7H,8,15H2,1-2H3. The zero-order valence-electron chi connectivity index (χ0n) is 11.0. The Morgan fingerprint density at radius 3 is 2.74 bits per heavy atom. The first-order chi connectivity index (χ1) is 9.20. The van der Waals surface area contributed by atoms with Gasteiger partial charge in [0.25, 0.3) is 0 Å². The molecule has 0 aliphatic heterocycles. The summed E-state index contributed by atoms with van der Waals surface area (Å²) >= 11 is 0. The maximum atomic E-state index is 5.72. The summed E-state index contributed by atoms with van der Waals surface area (Å²) in [6.07, 6.45) is 0. The van der Waals surface area contributed by atoms with Crippen LogP contribution >= 0.6 is 0 Å². The number of fused-ring (bicyclic) bond motifs is 1. The number of nitrogens with zero attached hydrogens (tertiary/aromatic N) is 4. The Labute approximate surface area is 111 Å². The van der Waals surface area contributed by atoms with Crippen molar-refractivity contribution in [3.63, 3.8) is 0 Å². The van der Waals surface area contributed by atoms with E-state index in [0.717, 1.165) is 33.8 Å². The maximum Gasteiger partial charge on any atom is 0.161 e. The smallest absolute Gasteiger partial charge is 0.161 e. The Morgan fingerprint density at radius 1 is 1.21 bits per heavy atom. The number of benzene rings is 1. The highest BCUT2D eigenvalue weighted by Gasteiger charge is 2.12. The zero-order valence-corrected chi connectivity index (χ0v) is 11.0. The summed E-state index contributed by atoms with van der Waals surface area (Å²) in [7, 11) is 1.98. The fraction of sp³-hybridized carbons (Fsp3) is 0.214. The van der Waals surface area contributed by atoms with Crippen molar-refractivity contribution in [2.75, 3.05) is 0 Å². The third-order valence-corrected chi connectivity index (χ3v) is 3.32. The van der Waals surface area contributed by atoms with Crippen LogP contribution in [-0.2, 0) is 13.6 Å². The van der Waals surface area contributed by atoms with Crippen LogP contribution in [0.2, 0.25) is 0 Å². The highest BCUT2D eigenvalue weighted by Crippen LogP contribution is 2.22. The predicted octanol–water partition coefficient (Wildman–Crippen LogP) is 1.80. The number of aryl methyl sites for hydroxylation is 2. The summed E-state index contributed by atoms with van der Waals surface area (Å²) in [6, 6.07) is 9.97. The minimum Gasteiger partial charge on any atom is -0.326 e. The van der Waals surface area contributed by atoms with Crippen molar-refractivity contribution in [1.82, 2.24) is 19.7 Å². The number of rotatable bonds is 2. The van der Waals surface area contributed by atoms with Gasteiger partial charge in [0.1, 0.15) is 5.69 Å². The minimum absolute atomic E-state index is 0.457. The van der Waals surface area contributed by atoms with Crippen molar-refractivity contribution < 1.29 is 0 Å². The Kier molecular flexibility index (Phi) is 2.76. The summed E-state index contributed by atoms with van der Waals surface area (Å²) in [4.78, 5) is 4.61. The Balaban J connectivity index is 2.21. The van der Waals surface area contributed by atoms with Gasteiger partial charge in [0.15, 0.2) is 5.82 Å². The summed E-state index contributed by atoms with van der Waals surface area (Å²) in [5.74, 6) is 0.809. The van der Waals surface area contributed by atoms with Crippen LogP contribution < -0.4 is 5.73 Å². The largest absolute Gasteiger partial charge is 0.326 e. The molecule has 0 fully saturated rings. The number of nitrogens with two attached hydrogens (primary N) is 1. The number of aromatic nitrogens is 4. The molecule has 0 aliphatic rings. The van der Waals surface area contributed by atoms with Gasteiger partial charge in [-0.05, 0) is 30.7 Å². The molecule has 0 saturated carbocycles. The number of hydrogen-bond acceptors (Lipinski definition) is 4. The molecule has 0 unspecified atom stereocenters. The first-order valence-electron chi connectivity index (χ1n) is 6.16. The quantitative estimate of drug-likeness (QED) is 0.756. The second kappa shape index (κ2) is 4.44. The van der Waals surface area contributed by atoms with Gasteiger partial charge in [0.05, 0.1) is 16.7 Å². The van der Waals surface area contributed by atoms with E-state index in [-0.39, 0.29) is 0 Å². The van der Waals surface area contributed by atoms with Crippen LogP contribution in [0.3, 0.4) is 0 Å². The van der Waals surface area contributed by atoms with Crippen molar-refractivity contribution in [3.8, 4) is 11.5 Å². The van der Waals surface area contributed by atoms with Crippen LogP contribution in [0, 0.1) is 6.92 Å². The topological polar surface area (TPSA) is 69.6 Å². The van der Waals surface area contributed by atoms with Gasteiger partial charge in [-0.1, -0.05) is 12.1 Å². The fourth-order valence-electron chi connectivity index (χ4n) is 2.18. The van der Waals surface area contributed by atoms with Crippen molar-refractivity contribution in [3.05, 3.63) is 41.6 Å². The van der Waals surface area contributed by atoms with Crippen LogP contribution in [0.5, 0.6) is 0 Å². The lowest BCUT2D eigenvalue weighted by molar-refractivity contribution is 0.892. The normalized spacial score (nSPS) is 11.1.